The van der Waals surface area contributed by atoms with Crippen LogP contribution in [0.25, 0.3) is 0 Å². The number of non-ortho nitro benzene ring substituents is 1. The van der Waals surface area contributed by atoms with Crippen LogP contribution in [0, 0.1) is 10.1 Å². The van der Waals surface area contributed by atoms with Crippen molar-refractivity contribution in [1.29, 1.82) is 0 Å². The maximum absolute atomic E-state index is 12.8. The van der Waals surface area contributed by atoms with Crippen molar-refractivity contribution < 1.29 is 22.9 Å². The summed E-state index contributed by atoms with van der Waals surface area (Å²) in [6.45, 7) is 0.0659. The van der Waals surface area contributed by atoms with Crippen molar-refractivity contribution in [3.63, 3.8) is 0 Å². The van der Waals surface area contributed by atoms with E-state index in [1.807, 2.05) is 6.07 Å². The molecule has 0 heterocycles. The number of carbonyl (C=O) groups excluding carboxylic acids is 1. The zero-order chi connectivity index (χ0) is 22.4. The average molecular weight is 441 g/mol. The summed E-state index contributed by atoms with van der Waals surface area (Å²) in [5.41, 5.74) is 0.847. The molecule has 0 aliphatic rings. The molecule has 10 heteroatoms. The van der Waals surface area contributed by atoms with Gasteiger partial charge >= 0.3 is 0 Å². The molecule has 31 heavy (non-hydrogen) atoms. The highest BCUT2D eigenvalue weighted by Gasteiger charge is 2.22. The van der Waals surface area contributed by atoms with E-state index in [9.17, 15) is 23.3 Å². The maximum atomic E-state index is 12.8. The number of hydrogen-bond donors (Lipinski definition) is 2. The van der Waals surface area contributed by atoms with Gasteiger partial charge in [-0.2, -0.15) is 0 Å². The first-order chi connectivity index (χ1) is 14.8. The first-order valence-electron chi connectivity index (χ1n) is 9.07. The van der Waals surface area contributed by atoms with Gasteiger partial charge in [-0.25, -0.2) is 13.1 Å². The zero-order valence-corrected chi connectivity index (χ0v) is 17.3. The molecule has 3 aromatic carbocycles. The summed E-state index contributed by atoms with van der Waals surface area (Å²) >= 11 is 0. The number of nitrogens with one attached hydrogen (secondary N) is 2. The van der Waals surface area contributed by atoms with Crippen molar-refractivity contribution in [1.82, 2.24) is 4.72 Å². The topological polar surface area (TPSA) is 128 Å². The van der Waals surface area contributed by atoms with Gasteiger partial charge in [0.2, 0.25) is 10.0 Å². The molecule has 0 spiro atoms. The number of rotatable bonds is 8. The second-order valence-electron chi connectivity index (χ2n) is 6.44. The minimum absolute atomic E-state index is 0.0485. The summed E-state index contributed by atoms with van der Waals surface area (Å²) in [6, 6.07) is 18.4. The van der Waals surface area contributed by atoms with Gasteiger partial charge in [0.15, 0.2) is 0 Å². The van der Waals surface area contributed by atoms with Crippen molar-refractivity contribution in [3.05, 3.63) is 94.0 Å². The molecule has 1 amide bonds. The molecule has 0 saturated heterocycles. The van der Waals surface area contributed by atoms with Gasteiger partial charge in [0, 0.05) is 29.9 Å². The van der Waals surface area contributed by atoms with Crippen LogP contribution in [0.3, 0.4) is 0 Å². The van der Waals surface area contributed by atoms with Crippen molar-refractivity contribution in [3.8, 4) is 5.75 Å². The van der Waals surface area contributed by atoms with Gasteiger partial charge in [0.05, 0.1) is 12.0 Å². The number of nitro benzene ring substituents is 1. The van der Waals surface area contributed by atoms with Crippen LogP contribution < -0.4 is 14.8 Å². The van der Waals surface area contributed by atoms with Crippen molar-refractivity contribution in [2.75, 3.05) is 12.4 Å². The Morgan fingerprint density at radius 2 is 1.77 bits per heavy atom. The fraction of sp³-hybridized carbons (Fsp3) is 0.0952. The van der Waals surface area contributed by atoms with Crippen LogP contribution >= 0.6 is 0 Å². The van der Waals surface area contributed by atoms with E-state index in [0.717, 1.165) is 5.56 Å². The second-order valence-corrected chi connectivity index (χ2v) is 8.17. The Labute approximate surface area is 178 Å². The molecule has 0 fully saturated rings. The molecule has 0 aliphatic carbocycles. The highest BCUT2D eigenvalue weighted by Crippen LogP contribution is 2.26. The van der Waals surface area contributed by atoms with E-state index in [0.29, 0.717) is 0 Å². The average Bonchev–Trinajstić information content (AvgIpc) is 2.78. The first kappa shape index (κ1) is 21.9. The number of nitrogens with zero attached hydrogens (tertiary/aromatic N) is 1. The molecule has 3 rings (SSSR count). The van der Waals surface area contributed by atoms with E-state index in [1.54, 1.807) is 24.3 Å². The lowest BCUT2D eigenvalue weighted by molar-refractivity contribution is -0.384. The number of methoxy groups -OCH3 is 1. The number of amides is 1. The minimum atomic E-state index is -3.99. The zero-order valence-electron chi connectivity index (χ0n) is 16.4. The third-order valence-electron chi connectivity index (χ3n) is 4.34. The summed E-state index contributed by atoms with van der Waals surface area (Å²) in [5, 5.41) is 13.4. The number of nitro groups is 1. The second kappa shape index (κ2) is 9.37. The fourth-order valence-corrected chi connectivity index (χ4v) is 3.99. The Morgan fingerprint density at radius 1 is 1.03 bits per heavy atom. The molecule has 0 bridgehead atoms. The highest BCUT2D eigenvalue weighted by atomic mass is 32.2. The lowest BCUT2D eigenvalue weighted by Gasteiger charge is -2.13. The summed E-state index contributed by atoms with van der Waals surface area (Å²) in [6.07, 6.45) is 0. The Hall–Kier alpha value is -3.76. The Balaban J connectivity index is 1.84. The van der Waals surface area contributed by atoms with E-state index < -0.39 is 20.9 Å². The monoisotopic (exact) mass is 441 g/mol. The summed E-state index contributed by atoms with van der Waals surface area (Å²) in [5.74, 6) is -0.546. The van der Waals surface area contributed by atoms with E-state index in [2.05, 4.69) is 10.0 Å². The van der Waals surface area contributed by atoms with Crippen LogP contribution in [-0.2, 0) is 16.6 Å². The molecule has 0 saturated carbocycles. The third kappa shape index (κ3) is 5.44. The Bertz CT molecular complexity index is 1210. The van der Waals surface area contributed by atoms with Gasteiger partial charge < -0.3 is 10.1 Å². The molecule has 0 radical (unpaired) electrons. The molecule has 160 valence electrons. The summed E-state index contributed by atoms with van der Waals surface area (Å²) in [7, 11) is -2.66. The van der Waals surface area contributed by atoms with E-state index >= 15 is 0 Å². The van der Waals surface area contributed by atoms with Crippen LogP contribution in [0.1, 0.15) is 15.9 Å². The molecule has 0 atom stereocenters. The largest absolute Gasteiger partial charge is 0.495 e. The van der Waals surface area contributed by atoms with Gasteiger partial charge in [-0.05, 0) is 29.8 Å². The summed E-state index contributed by atoms with van der Waals surface area (Å²) < 4.78 is 33.3. The molecule has 9 nitrogen and oxygen atoms in total. The molecule has 2 N–H and O–H groups in total. The number of carbonyl (C=O) groups is 1. The van der Waals surface area contributed by atoms with Crippen molar-refractivity contribution >= 4 is 27.3 Å². The Kier molecular flexibility index (Phi) is 6.63. The number of benzene rings is 3. The van der Waals surface area contributed by atoms with Crippen LogP contribution in [0.2, 0.25) is 0 Å². The first-order valence-corrected chi connectivity index (χ1v) is 10.6. The lowest BCUT2D eigenvalue weighted by Crippen LogP contribution is -2.24. The Morgan fingerprint density at radius 3 is 2.45 bits per heavy atom. The SMILES string of the molecule is COc1ccc(C(=O)Nc2cccc([N+](=O)[O-])c2)cc1S(=O)(=O)NCc1ccccc1. The van der Waals surface area contributed by atoms with Crippen LogP contribution in [-0.4, -0.2) is 26.4 Å². The smallest absolute Gasteiger partial charge is 0.271 e. The molecule has 3 aromatic rings. The van der Waals surface area contributed by atoms with Gasteiger partial charge in [-0.15, -0.1) is 0 Å². The molecular weight excluding hydrogens is 422 g/mol. The van der Waals surface area contributed by atoms with Gasteiger partial charge in [0.25, 0.3) is 11.6 Å². The van der Waals surface area contributed by atoms with Gasteiger partial charge in [-0.3, -0.25) is 14.9 Å². The predicted octanol–water partition coefficient (Wildman–Crippen LogP) is 3.33. The van der Waals surface area contributed by atoms with E-state index in [4.69, 9.17) is 4.74 Å². The van der Waals surface area contributed by atoms with Crippen molar-refractivity contribution in [2.24, 2.45) is 0 Å². The van der Waals surface area contributed by atoms with Crippen LogP contribution in [0.15, 0.2) is 77.7 Å². The number of hydrogen-bond acceptors (Lipinski definition) is 6. The van der Waals surface area contributed by atoms with Gasteiger partial charge in [0.1, 0.15) is 10.6 Å². The number of sulfonamides is 1. The molecule has 0 aromatic heterocycles. The van der Waals surface area contributed by atoms with Crippen molar-refractivity contribution in [2.45, 2.75) is 11.4 Å². The van der Waals surface area contributed by atoms with E-state index in [-0.39, 0.29) is 34.1 Å². The number of ether oxygens (including phenoxy) is 1. The van der Waals surface area contributed by atoms with Crippen LogP contribution in [0.4, 0.5) is 11.4 Å². The standard InChI is InChI=1S/C21H19N3O6S/c1-30-19-11-10-16(21(25)23-17-8-5-9-18(13-17)24(26)27)12-20(19)31(28,29)22-14-15-6-3-2-4-7-15/h2-13,22H,14H2,1H3,(H,23,25). The molecule has 0 aliphatic heterocycles. The normalized spacial score (nSPS) is 11.0. The summed E-state index contributed by atoms with van der Waals surface area (Å²) in [4.78, 5) is 22.7. The predicted molar refractivity (Wildman–Crippen MR) is 115 cm³/mol. The number of anilines is 1. The molecule has 0 unspecified atom stereocenters. The lowest BCUT2D eigenvalue weighted by atomic mass is 10.2. The third-order valence-corrected chi connectivity index (χ3v) is 5.76. The fourth-order valence-electron chi connectivity index (χ4n) is 2.78. The highest BCUT2D eigenvalue weighted by molar-refractivity contribution is 7.89. The van der Waals surface area contributed by atoms with E-state index in [1.165, 1.54) is 49.6 Å². The molecular formula is C21H19N3O6S. The van der Waals surface area contributed by atoms with Crippen LogP contribution in [0.5, 0.6) is 5.75 Å². The van der Waals surface area contributed by atoms with Gasteiger partial charge in [-0.1, -0.05) is 36.4 Å². The maximum Gasteiger partial charge on any atom is 0.271 e. The minimum Gasteiger partial charge on any atom is -0.495 e. The quantitative estimate of drug-likeness (QED) is 0.408.